The summed E-state index contributed by atoms with van der Waals surface area (Å²) in [6, 6.07) is 21.4. The summed E-state index contributed by atoms with van der Waals surface area (Å²) in [5.74, 6) is -3.65. The molecule has 228 valence electrons. The number of benzene rings is 2. The van der Waals surface area contributed by atoms with Crippen LogP contribution in [-0.2, 0) is 14.3 Å². The second kappa shape index (κ2) is 13.7. The summed E-state index contributed by atoms with van der Waals surface area (Å²) in [6.45, 7) is -0.520. The monoisotopic (exact) mass is 598 g/mol. The first-order valence-electron chi connectivity index (χ1n) is 14.4. The molecular formula is C34H34N2O8. The van der Waals surface area contributed by atoms with E-state index >= 15 is 0 Å². The quantitative estimate of drug-likeness (QED) is 0.231. The number of ether oxygens (including phenoxy) is 2. The average Bonchev–Trinajstić information content (AvgIpc) is 3.31. The largest absolute Gasteiger partial charge is 0.507 e. The third-order valence-electron chi connectivity index (χ3n) is 8.20. The average molecular weight is 599 g/mol. The normalized spacial score (nSPS) is 20.8. The summed E-state index contributed by atoms with van der Waals surface area (Å²) in [5.41, 5.74) is 3.01. The van der Waals surface area contributed by atoms with Crippen molar-refractivity contribution >= 4 is 29.6 Å². The molecule has 3 amide bonds. The Kier molecular flexibility index (Phi) is 9.52. The minimum atomic E-state index is -1.13. The van der Waals surface area contributed by atoms with Crippen molar-refractivity contribution < 1.29 is 39.2 Å². The van der Waals surface area contributed by atoms with Crippen molar-refractivity contribution in [3.63, 3.8) is 0 Å². The smallest absolute Gasteiger partial charge is 0.423 e. The van der Waals surface area contributed by atoms with Gasteiger partial charge < -0.3 is 24.8 Å². The van der Waals surface area contributed by atoms with Gasteiger partial charge in [0.1, 0.15) is 18.1 Å². The molecule has 4 atom stereocenters. The van der Waals surface area contributed by atoms with Crippen LogP contribution >= 0.6 is 0 Å². The van der Waals surface area contributed by atoms with Crippen LogP contribution in [0.5, 0.6) is 11.5 Å². The summed E-state index contributed by atoms with van der Waals surface area (Å²) in [6.07, 6.45) is 1.84. The number of pyridine rings is 1. The molecule has 0 spiro atoms. The van der Waals surface area contributed by atoms with E-state index in [1.807, 2.05) is 42.5 Å². The highest BCUT2D eigenvalue weighted by Gasteiger charge is 2.57. The lowest BCUT2D eigenvalue weighted by atomic mass is 9.68. The van der Waals surface area contributed by atoms with E-state index in [4.69, 9.17) is 4.74 Å². The summed E-state index contributed by atoms with van der Waals surface area (Å²) in [5, 5.41) is 32.7. The van der Waals surface area contributed by atoms with Crippen LogP contribution in [0, 0.1) is 17.8 Å². The lowest BCUT2D eigenvalue weighted by Crippen LogP contribution is -2.40. The molecule has 2 heterocycles. The Morgan fingerprint density at radius 1 is 1.05 bits per heavy atom. The number of nitrogens with zero attached hydrogens (tertiary/aromatic N) is 2. The van der Waals surface area contributed by atoms with E-state index in [2.05, 4.69) is 9.72 Å². The van der Waals surface area contributed by atoms with Gasteiger partial charge in [-0.3, -0.25) is 14.6 Å². The predicted molar refractivity (Wildman–Crippen MR) is 161 cm³/mol. The molecule has 1 aliphatic heterocycles. The number of carbonyl (C=O) groups excluding carboxylic acids is 3. The van der Waals surface area contributed by atoms with Crippen LogP contribution in [-0.4, -0.2) is 69.5 Å². The van der Waals surface area contributed by atoms with Gasteiger partial charge in [-0.05, 0) is 72.4 Å². The van der Waals surface area contributed by atoms with E-state index in [1.165, 1.54) is 0 Å². The van der Waals surface area contributed by atoms with Crippen LogP contribution < -0.4 is 4.74 Å². The Bertz CT molecular complexity index is 1570. The Hall–Kier alpha value is -4.80. The summed E-state index contributed by atoms with van der Waals surface area (Å²) >= 11 is 0. The van der Waals surface area contributed by atoms with Gasteiger partial charge in [0.05, 0.1) is 37.4 Å². The van der Waals surface area contributed by atoms with Gasteiger partial charge in [-0.15, -0.1) is 0 Å². The second-order valence-corrected chi connectivity index (χ2v) is 10.8. The molecule has 44 heavy (non-hydrogen) atoms. The van der Waals surface area contributed by atoms with E-state index in [-0.39, 0.29) is 25.2 Å². The van der Waals surface area contributed by atoms with Gasteiger partial charge in [0.25, 0.3) is 0 Å². The van der Waals surface area contributed by atoms with Gasteiger partial charge >= 0.3 is 6.09 Å². The zero-order valence-electron chi connectivity index (χ0n) is 24.2. The Morgan fingerprint density at radius 2 is 1.77 bits per heavy atom. The topological polar surface area (TPSA) is 146 Å². The molecule has 5 rings (SSSR count). The Balaban J connectivity index is 1.49. The van der Waals surface area contributed by atoms with Crippen LogP contribution in [0.4, 0.5) is 4.79 Å². The maximum atomic E-state index is 13.4. The van der Waals surface area contributed by atoms with Gasteiger partial charge in [0.15, 0.2) is 0 Å². The molecule has 0 unspecified atom stereocenters. The van der Waals surface area contributed by atoms with E-state index in [9.17, 15) is 29.7 Å². The molecule has 1 fully saturated rings. The standard InChI is InChI=1S/C34H34N2O8/c1-43-34(42)36-32(40)25-18-23(20-44-24-10-3-2-4-11-24)30(26(19-37)31(25)33(36)41)29(39)15-14-21(27-12-7-8-16-35-27)17-22-9-5-6-13-28(22)38/h2-13,16-17,25-26,29,31,37-39H,14-15,18-20H2,1H3/b21-17-/t25-,26+,29-,31-/m1/s1. The molecular weight excluding hydrogens is 564 g/mol. The number of methoxy groups -OCH3 is 1. The molecule has 2 aromatic carbocycles. The molecule has 3 N–H and O–H groups in total. The minimum absolute atomic E-state index is 0.0106. The number of para-hydroxylation sites is 2. The number of likely N-dealkylation sites (tertiary alicyclic amines) is 1. The van der Waals surface area contributed by atoms with Crippen LogP contribution in [0.1, 0.15) is 30.5 Å². The van der Waals surface area contributed by atoms with Gasteiger partial charge in [-0.2, -0.15) is 4.90 Å². The first-order chi connectivity index (χ1) is 21.3. The molecule has 0 bridgehead atoms. The van der Waals surface area contributed by atoms with Crippen molar-refractivity contribution in [1.82, 2.24) is 9.88 Å². The lowest BCUT2D eigenvalue weighted by Gasteiger charge is -2.36. The predicted octanol–water partition coefficient (Wildman–Crippen LogP) is 4.22. The van der Waals surface area contributed by atoms with E-state index in [1.54, 1.807) is 42.6 Å². The zero-order chi connectivity index (χ0) is 31.2. The van der Waals surface area contributed by atoms with Crippen molar-refractivity contribution in [2.45, 2.75) is 25.4 Å². The Labute approximate surface area is 254 Å². The van der Waals surface area contributed by atoms with Crippen molar-refractivity contribution in [3.8, 4) is 11.5 Å². The minimum Gasteiger partial charge on any atom is -0.507 e. The molecule has 0 radical (unpaired) electrons. The van der Waals surface area contributed by atoms with Gasteiger partial charge in [-0.25, -0.2) is 4.79 Å². The molecule has 1 aliphatic carbocycles. The van der Waals surface area contributed by atoms with Crippen molar-refractivity contribution in [1.29, 1.82) is 0 Å². The highest BCUT2D eigenvalue weighted by Crippen LogP contribution is 2.46. The number of allylic oxidation sites excluding steroid dienone is 1. The number of phenols is 1. The van der Waals surface area contributed by atoms with Crippen molar-refractivity contribution in [2.75, 3.05) is 20.3 Å². The highest BCUT2D eigenvalue weighted by molar-refractivity contribution is 6.16. The van der Waals surface area contributed by atoms with Crippen LogP contribution in [0.2, 0.25) is 0 Å². The molecule has 10 heteroatoms. The molecule has 0 saturated carbocycles. The molecule has 1 saturated heterocycles. The molecule has 3 aromatic rings. The number of fused-ring (bicyclic) bond motifs is 1. The summed E-state index contributed by atoms with van der Waals surface area (Å²) in [7, 11) is 1.09. The number of amides is 3. The third-order valence-corrected chi connectivity index (χ3v) is 8.20. The number of carbonyl (C=O) groups is 3. The van der Waals surface area contributed by atoms with Crippen LogP contribution in [0.25, 0.3) is 11.6 Å². The zero-order valence-corrected chi connectivity index (χ0v) is 24.2. The van der Waals surface area contributed by atoms with Crippen molar-refractivity contribution in [3.05, 3.63) is 101 Å². The first kappa shape index (κ1) is 30.7. The maximum Gasteiger partial charge on any atom is 0.423 e. The fourth-order valence-electron chi connectivity index (χ4n) is 6.12. The lowest BCUT2D eigenvalue weighted by molar-refractivity contribution is -0.137. The Morgan fingerprint density at radius 3 is 2.45 bits per heavy atom. The van der Waals surface area contributed by atoms with Gasteiger partial charge in [0.2, 0.25) is 11.8 Å². The first-order valence-corrected chi connectivity index (χ1v) is 14.4. The number of aliphatic hydroxyl groups excluding tert-OH is 2. The SMILES string of the molecule is COC(=O)N1C(=O)[C@@H]2[C@@H](CC(COc3ccccc3)=C([C@H](O)CC/C(=C/c3ccccc3O)c3ccccn3)[C@@H]2CO)C1=O. The maximum absolute atomic E-state index is 13.4. The number of hydrogen-bond acceptors (Lipinski definition) is 9. The van der Waals surface area contributed by atoms with Gasteiger partial charge in [0, 0.05) is 17.7 Å². The summed E-state index contributed by atoms with van der Waals surface area (Å²) < 4.78 is 10.7. The highest BCUT2D eigenvalue weighted by atomic mass is 16.5. The number of aromatic nitrogens is 1. The summed E-state index contributed by atoms with van der Waals surface area (Å²) in [4.78, 5) is 43.9. The van der Waals surface area contributed by atoms with Crippen molar-refractivity contribution in [2.24, 2.45) is 17.8 Å². The number of imide groups is 3. The third kappa shape index (κ3) is 6.27. The van der Waals surface area contributed by atoms with Crippen LogP contribution in [0.15, 0.2) is 90.1 Å². The second-order valence-electron chi connectivity index (χ2n) is 10.8. The molecule has 10 nitrogen and oxygen atoms in total. The van der Waals surface area contributed by atoms with E-state index in [0.717, 1.165) is 12.7 Å². The molecule has 1 aromatic heterocycles. The number of rotatable bonds is 10. The van der Waals surface area contributed by atoms with E-state index < -0.39 is 48.4 Å². The molecule has 2 aliphatic rings. The van der Waals surface area contributed by atoms with Crippen LogP contribution in [0.3, 0.4) is 0 Å². The number of aliphatic hydroxyl groups is 2. The number of aromatic hydroxyl groups is 1. The van der Waals surface area contributed by atoms with Gasteiger partial charge in [-0.1, -0.05) is 42.5 Å². The number of hydrogen-bond donors (Lipinski definition) is 3. The number of phenolic OH excluding ortho intramolecular Hbond substituents is 1. The fourth-order valence-corrected chi connectivity index (χ4v) is 6.12. The van der Waals surface area contributed by atoms with E-state index in [0.29, 0.717) is 39.5 Å². The fraction of sp³-hybridized carbons (Fsp3) is 0.294.